The zero-order valence-corrected chi connectivity index (χ0v) is 17.2. The van der Waals surface area contributed by atoms with Gasteiger partial charge in [-0.2, -0.15) is 0 Å². The molecule has 0 bridgehead atoms. The van der Waals surface area contributed by atoms with Gasteiger partial charge in [0.15, 0.2) is 5.78 Å². The van der Waals surface area contributed by atoms with Gasteiger partial charge in [0.1, 0.15) is 0 Å². The molecule has 0 spiro atoms. The van der Waals surface area contributed by atoms with Crippen LogP contribution in [0.3, 0.4) is 0 Å². The van der Waals surface area contributed by atoms with Gasteiger partial charge in [-0.15, -0.1) is 17.7 Å². The first-order valence-corrected chi connectivity index (χ1v) is 7.35. The van der Waals surface area contributed by atoms with Gasteiger partial charge in [-0.25, -0.2) is 0 Å². The summed E-state index contributed by atoms with van der Waals surface area (Å²) in [4.78, 5) is 14.6. The van der Waals surface area contributed by atoms with Crippen molar-refractivity contribution in [2.24, 2.45) is 7.05 Å². The van der Waals surface area contributed by atoms with Crippen LogP contribution in [-0.2, 0) is 39.5 Å². The maximum atomic E-state index is 10.4. The molecule has 0 aliphatic heterocycles. The topological polar surface area (TPSA) is 84.6 Å². The monoisotopic (exact) mass is 526 g/mol. The van der Waals surface area contributed by atoms with E-state index in [2.05, 4.69) is 11.1 Å². The summed E-state index contributed by atoms with van der Waals surface area (Å²) in [6, 6.07) is 6.61. The number of methoxy groups -OCH3 is 1. The molecule has 1 heterocycles. The van der Waals surface area contributed by atoms with E-state index in [4.69, 9.17) is 9.84 Å². The van der Waals surface area contributed by atoms with E-state index in [1.54, 1.807) is 32.5 Å². The average Bonchev–Trinajstić information content (AvgIpc) is 3.00. The number of carbonyl (C=O) groups excluding carboxylic acids is 1. The first-order chi connectivity index (χ1) is 11.3. The van der Waals surface area contributed by atoms with E-state index in [0.29, 0.717) is 11.3 Å². The summed E-state index contributed by atoms with van der Waals surface area (Å²) in [5.41, 5.74) is 2.81. The number of benzene rings is 1. The van der Waals surface area contributed by atoms with Crippen molar-refractivity contribution in [3.8, 4) is 17.0 Å². The first-order valence-electron chi connectivity index (χ1n) is 7.35. The second-order valence-corrected chi connectivity index (χ2v) is 5.29. The Labute approximate surface area is 162 Å². The Morgan fingerprint density at radius 1 is 1.36 bits per heavy atom. The molecule has 0 aliphatic rings. The van der Waals surface area contributed by atoms with Gasteiger partial charge in [-0.05, 0) is 27.0 Å². The van der Waals surface area contributed by atoms with Gasteiger partial charge in [-0.1, -0.05) is 11.6 Å². The van der Waals surface area contributed by atoms with Gasteiger partial charge in [0.05, 0.1) is 19.2 Å². The molecule has 0 saturated carbocycles. The van der Waals surface area contributed by atoms with Crippen molar-refractivity contribution in [1.29, 1.82) is 0 Å². The van der Waals surface area contributed by atoms with Gasteiger partial charge >= 0.3 is 0 Å². The minimum absolute atomic E-state index is 0. The number of Topliss-reactive ketones (excluding diaryl/α,β-unsaturated/α-hetero) is 1. The van der Waals surface area contributed by atoms with Crippen LogP contribution >= 0.6 is 0 Å². The molecular formula is C18H23N2O4Pt-. The van der Waals surface area contributed by atoms with E-state index in [1.807, 2.05) is 17.8 Å². The van der Waals surface area contributed by atoms with E-state index < -0.39 is 0 Å². The largest absolute Gasteiger partial charge is 0.540 e. The number of aryl methyl sites for hydroxylation is 1. The van der Waals surface area contributed by atoms with Crippen molar-refractivity contribution >= 4 is 5.78 Å². The van der Waals surface area contributed by atoms with Crippen LogP contribution in [0.15, 0.2) is 36.0 Å². The Hall–Kier alpha value is -1.91. The van der Waals surface area contributed by atoms with Gasteiger partial charge in [0, 0.05) is 51.7 Å². The second-order valence-electron chi connectivity index (χ2n) is 5.29. The molecule has 0 radical (unpaired) electrons. The summed E-state index contributed by atoms with van der Waals surface area (Å²) < 4.78 is 6.94. The molecular weight excluding hydrogens is 503 g/mol. The summed E-state index contributed by atoms with van der Waals surface area (Å²) >= 11 is 0. The number of ether oxygens (including phenoxy) is 1. The molecule has 0 unspecified atom stereocenters. The summed E-state index contributed by atoms with van der Waals surface area (Å²) in [7, 11) is 3.49. The van der Waals surface area contributed by atoms with Crippen molar-refractivity contribution in [3.05, 3.63) is 47.6 Å². The minimum atomic E-state index is -0.0787. The number of nitrogens with zero attached hydrogens (tertiary/aromatic N) is 2. The zero-order valence-electron chi connectivity index (χ0n) is 14.9. The predicted octanol–water partition coefficient (Wildman–Crippen LogP) is 2.81. The normalized spacial score (nSPS) is 10.8. The number of ketones is 1. The van der Waals surface area contributed by atoms with Gasteiger partial charge in [0.2, 0.25) is 0 Å². The van der Waals surface area contributed by atoms with Gasteiger partial charge < -0.3 is 19.5 Å². The predicted molar refractivity (Wildman–Crippen MR) is 91.6 cm³/mol. The quantitative estimate of drug-likeness (QED) is 0.364. The first kappa shape index (κ1) is 23.1. The van der Waals surface area contributed by atoms with Crippen LogP contribution in [0, 0.1) is 6.07 Å². The molecule has 25 heavy (non-hydrogen) atoms. The number of hydrogen-bond donors (Lipinski definition) is 2. The third-order valence-electron chi connectivity index (χ3n) is 3.43. The Bertz CT molecular complexity index is 734. The van der Waals surface area contributed by atoms with E-state index in [9.17, 15) is 9.90 Å². The Kier molecular flexibility index (Phi) is 10.0. The fraction of sp³-hybridized carbons (Fsp3) is 0.333. The third-order valence-corrected chi connectivity index (χ3v) is 3.43. The smallest absolute Gasteiger partial charge is 0.158 e. The number of imidazole rings is 1. The fourth-order valence-electron chi connectivity index (χ4n) is 1.80. The summed E-state index contributed by atoms with van der Waals surface area (Å²) in [6.07, 6.45) is 3.60. The maximum Gasteiger partial charge on any atom is 0.158 e. The molecule has 0 saturated heterocycles. The molecule has 7 heteroatoms. The van der Waals surface area contributed by atoms with Crippen LogP contribution in [0.25, 0.3) is 11.3 Å². The van der Waals surface area contributed by atoms with Gasteiger partial charge in [-0.3, -0.25) is 9.78 Å². The number of aliphatic hydroxyl groups excluding tert-OH is 2. The standard InChI is InChI=1S/C12H13N2O2.C6H10O2.Pt/c1-14-6-12(13-8-14)11-4-3-10(16-2)5-9(11)7-15;1-4(5(2)7)6(3)8;/h3,5-6,8,15H,7H2,1-2H3;7H,1-3H3;/q-1;;/b;5-4-;. The minimum Gasteiger partial charge on any atom is -0.540 e. The van der Waals surface area contributed by atoms with Crippen LogP contribution < -0.4 is 4.74 Å². The zero-order chi connectivity index (χ0) is 18.3. The van der Waals surface area contributed by atoms with Crippen LogP contribution in [0.2, 0.25) is 0 Å². The van der Waals surface area contributed by atoms with E-state index in [0.717, 1.165) is 16.8 Å². The Morgan fingerprint density at radius 3 is 2.36 bits per heavy atom. The Balaban J connectivity index is 0.000000552. The second kappa shape index (κ2) is 10.9. The summed E-state index contributed by atoms with van der Waals surface area (Å²) in [5, 5.41) is 17.9. The molecule has 2 rings (SSSR count). The van der Waals surface area contributed by atoms with E-state index in [-0.39, 0.29) is 39.2 Å². The average molecular weight is 526 g/mol. The van der Waals surface area contributed by atoms with Crippen LogP contribution in [0.1, 0.15) is 26.3 Å². The number of rotatable bonds is 4. The van der Waals surface area contributed by atoms with E-state index >= 15 is 0 Å². The number of allylic oxidation sites excluding steroid dienone is 2. The van der Waals surface area contributed by atoms with Crippen molar-refractivity contribution in [2.75, 3.05) is 7.11 Å². The van der Waals surface area contributed by atoms with Crippen LogP contribution in [0.4, 0.5) is 0 Å². The molecule has 0 amide bonds. The molecule has 1 aromatic heterocycles. The number of hydrogen-bond acceptors (Lipinski definition) is 5. The molecule has 0 fully saturated rings. The summed E-state index contributed by atoms with van der Waals surface area (Å²) in [6.45, 7) is 4.46. The fourth-order valence-corrected chi connectivity index (χ4v) is 1.80. The SMILES string of the molecule is CC(=O)/C(C)=C(/C)O.COc1c[c-]c(-c2cn(C)cn2)c(CO)c1.[Pt]. The number of aromatic nitrogens is 2. The van der Waals surface area contributed by atoms with Crippen LogP contribution in [0.5, 0.6) is 5.75 Å². The number of carbonyl (C=O) groups is 1. The Morgan fingerprint density at radius 2 is 2.00 bits per heavy atom. The summed E-state index contributed by atoms with van der Waals surface area (Å²) in [5.74, 6) is 0.714. The van der Waals surface area contributed by atoms with Crippen molar-refractivity contribution in [1.82, 2.24) is 9.55 Å². The van der Waals surface area contributed by atoms with E-state index in [1.165, 1.54) is 13.8 Å². The molecule has 6 nitrogen and oxygen atoms in total. The maximum absolute atomic E-state index is 10.4. The molecule has 0 aliphatic carbocycles. The molecule has 2 N–H and O–H groups in total. The third kappa shape index (κ3) is 6.84. The molecule has 2 aromatic rings. The molecule has 140 valence electrons. The van der Waals surface area contributed by atoms with Gasteiger partial charge in [0.25, 0.3) is 0 Å². The van der Waals surface area contributed by atoms with Crippen molar-refractivity contribution in [3.63, 3.8) is 0 Å². The van der Waals surface area contributed by atoms with Crippen LogP contribution in [-0.4, -0.2) is 32.7 Å². The molecule has 0 atom stereocenters. The van der Waals surface area contributed by atoms with Crippen molar-refractivity contribution in [2.45, 2.75) is 27.4 Å². The van der Waals surface area contributed by atoms with Crippen molar-refractivity contribution < 1.29 is 40.8 Å². The number of aliphatic hydroxyl groups is 2. The molecule has 1 aromatic carbocycles.